The smallest absolute Gasteiger partial charge is 0.380 e. The zero-order chi connectivity index (χ0) is 22.1. The van der Waals surface area contributed by atoms with Gasteiger partial charge in [-0.1, -0.05) is 18.2 Å². The number of amides is 1. The molecule has 0 bridgehead atoms. The second-order valence-corrected chi connectivity index (χ2v) is 7.41. The van der Waals surface area contributed by atoms with Crippen LogP contribution in [0.25, 0.3) is 10.9 Å². The van der Waals surface area contributed by atoms with E-state index in [2.05, 4.69) is 15.5 Å². The zero-order valence-electron chi connectivity index (χ0n) is 17.3. The van der Waals surface area contributed by atoms with Crippen molar-refractivity contribution < 1.29 is 23.2 Å². The lowest BCUT2D eigenvalue weighted by molar-refractivity contribution is 0.0700. The molecule has 3 aromatic heterocycles. The van der Waals surface area contributed by atoms with Crippen LogP contribution < -0.4 is 10.2 Å². The molecule has 5 rings (SSSR count). The standard InChI is InChI=1S/C24H19N3O5/c1-14-20-16(26-27-23(28)19-11-5-13-30-19)8-3-9-17(20)31-22(14)24(29)32-18-10-2-6-15-7-4-12-25-21(15)18/h2,4-7,10-13H,3,8-9H2,1H3,(H,27,28)/b26-16+. The number of furan rings is 2. The van der Waals surface area contributed by atoms with Gasteiger partial charge in [0.25, 0.3) is 0 Å². The normalized spacial score (nSPS) is 14.3. The van der Waals surface area contributed by atoms with Crippen LogP contribution in [-0.2, 0) is 6.42 Å². The van der Waals surface area contributed by atoms with E-state index in [9.17, 15) is 9.59 Å². The summed E-state index contributed by atoms with van der Waals surface area (Å²) in [5.41, 5.74) is 5.12. The topological polar surface area (TPSA) is 107 Å². The van der Waals surface area contributed by atoms with Crippen LogP contribution in [0.4, 0.5) is 0 Å². The lowest BCUT2D eigenvalue weighted by Crippen LogP contribution is -2.21. The van der Waals surface area contributed by atoms with Gasteiger partial charge in [0, 0.05) is 29.1 Å². The second kappa shape index (κ2) is 8.14. The molecule has 0 fully saturated rings. The molecule has 0 spiro atoms. The van der Waals surface area contributed by atoms with Gasteiger partial charge in [0.2, 0.25) is 5.76 Å². The minimum absolute atomic E-state index is 0.120. The fourth-order valence-corrected chi connectivity index (χ4v) is 3.86. The van der Waals surface area contributed by atoms with Crippen LogP contribution in [0.3, 0.4) is 0 Å². The third-order valence-corrected chi connectivity index (χ3v) is 5.35. The lowest BCUT2D eigenvalue weighted by atomic mass is 9.93. The number of benzene rings is 1. The molecule has 8 heteroatoms. The van der Waals surface area contributed by atoms with Crippen LogP contribution in [0.5, 0.6) is 5.75 Å². The number of hydrogen-bond donors (Lipinski definition) is 1. The van der Waals surface area contributed by atoms with Crippen LogP contribution >= 0.6 is 0 Å². The van der Waals surface area contributed by atoms with Gasteiger partial charge >= 0.3 is 11.9 Å². The summed E-state index contributed by atoms with van der Waals surface area (Å²) in [6.45, 7) is 1.79. The molecule has 4 aromatic rings. The van der Waals surface area contributed by atoms with E-state index in [4.69, 9.17) is 13.6 Å². The van der Waals surface area contributed by atoms with Crippen molar-refractivity contribution in [3.8, 4) is 5.75 Å². The van der Waals surface area contributed by atoms with Gasteiger partial charge in [-0.05, 0) is 44.0 Å². The third kappa shape index (κ3) is 3.56. The molecule has 160 valence electrons. The minimum atomic E-state index is -0.603. The van der Waals surface area contributed by atoms with Gasteiger partial charge in [0.15, 0.2) is 11.5 Å². The number of carbonyl (C=O) groups is 2. The van der Waals surface area contributed by atoms with Gasteiger partial charge in [0.05, 0.1) is 12.0 Å². The van der Waals surface area contributed by atoms with Crippen LogP contribution in [0.1, 0.15) is 50.8 Å². The van der Waals surface area contributed by atoms with Crippen molar-refractivity contribution in [3.05, 3.63) is 83.3 Å². The van der Waals surface area contributed by atoms with Gasteiger partial charge in [-0.3, -0.25) is 9.78 Å². The molecule has 1 amide bonds. The number of ether oxygens (including phenoxy) is 1. The Hall–Kier alpha value is -4.20. The molecule has 3 heterocycles. The number of carbonyl (C=O) groups excluding carboxylic acids is 2. The Morgan fingerprint density at radius 2 is 2.00 bits per heavy atom. The number of para-hydroxylation sites is 1. The van der Waals surface area contributed by atoms with Crippen molar-refractivity contribution >= 4 is 28.5 Å². The van der Waals surface area contributed by atoms with Crippen LogP contribution in [0.15, 0.2) is 68.9 Å². The molecule has 1 N–H and O–H groups in total. The summed E-state index contributed by atoms with van der Waals surface area (Å²) in [6.07, 6.45) is 5.18. The monoisotopic (exact) mass is 429 g/mol. The van der Waals surface area contributed by atoms with Crippen molar-refractivity contribution in [1.82, 2.24) is 10.4 Å². The van der Waals surface area contributed by atoms with Gasteiger partial charge in [-0.25, -0.2) is 10.2 Å². The third-order valence-electron chi connectivity index (χ3n) is 5.35. The average molecular weight is 429 g/mol. The SMILES string of the molecule is Cc1c(C(=O)Oc2cccc3cccnc23)oc2c1/C(=N/NC(=O)c1ccco1)CCC2. The molecule has 0 saturated carbocycles. The number of hydrogen-bond acceptors (Lipinski definition) is 7. The largest absolute Gasteiger partial charge is 0.459 e. The number of esters is 1. The Bertz CT molecular complexity index is 1350. The fourth-order valence-electron chi connectivity index (χ4n) is 3.86. The van der Waals surface area contributed by atoms with E-state index >= 15 is 0 Å². The van der Waals surface area contributed by atoms with Gasteiger partial charge in [0.1, 0.15) is 11.3 Å². The molecule has 0 aliphatic heterocycles. The maximum Gasteiger partial charge on any atom is 0.380 e. The van der Waals surface area contributed by atoms with E-state index in [0.29, 0.717) is 41.1 Å². The summed E-state index contributed by atoms with van der Waals surface area (Å²) < 4.78 is 16.6. The van der Waals surface area contributed by atoms with Crippen LogP contribution in [-0.4, -0.2) is 22.6 Å². The van der Waals surface area contributed by atoms with E-state index in [-0.39, 0.29) is 11.5 Å². The Morgan fingerprint density at radius 1 is 1.12 bits per heavy atom. The van der Waals surface area contributed by atoms with Crippen LogP contribution in [0.2, 0.25) is 0 Å². The van der Waals surface area contributed by atoms with Crippen molar-refractivity contribution in [2.45, 2.75) is 26.2 Å². The average Bonchev–Trinajstić information content (AvgIpc) is 3.47. The number of nitrogens with one attached hydrogen (secondary N) is 1. The van der Waals surface area contributed by atoms with Crippen molar-refractivity contribution in [3.63, 3.8) is 0 Å². The fraction of sp³-hybridized carbons (Fsp3) is 0.167. The maximum atomic E-state index is 13.0. The Balaban J connectivity index is 1.42. The molecule has 0 atom stereocenters. The van der Waals surface area contributed by atoms with Crippen molar-refractivity contribution in [2.75, 3.05) is 0 Å². The first kappa shape index (κ1) is 19.7. The number of pyridine rings is 1. The highest BCUT2D eigenvalue weighted by molar-refractivity contribution is 6.06. The van der Waals surface area contributed by atoms with Crippen molar-refractivity contribution in [1.29, 1.82) is 0 Å². The van der Waals surface area contributed by atoms with E-state index in [1.165, 1.54) is 6.26 Å². The number of hydrazone groups is 1. The van der Waals surface area contributed by atoms with E-state index in [1.807, 2.05) is 18.2 Å². The Kier molecular flexibility index (Phi) is 5.03. The minimum Gasteiger partial charge on any atom is -0.459 e. The van der Waals surface area contributed by atoms with Gasteiger partial charge in [-0.2, -0.15) is 5.10 Å². The first-order valence-corrected chi connectivity index (χ1v) is 10.2. The van der Waals surface area contributed by atoms with E-state index < -0.39 is 11.9 Å². The Labute approximate surface area is 182 Å². The number of rotatable bonds is 4. The number of nitrogens with zero attached hydrogens (tertiary/aromatic N) is 2. The summed E-state index contributed by atoms with van der Waals surface area (Å²) in [6, 6.07) is 12.3. The molecule has 1 aliphatic carbocycles. The first-order chi connectivity index (χ1) is 15.6. The summed E-state index contributed by atoms with van der Waals surface area (Å²) in [4.78, 5) is 29.4. The van der Waals surface area contributed by atoms with E-state index in [1.54, 1.807) is 37.4 Å². The van der Waals surface area contributed by atoms with Gasteiger partial charge in [-0.15, -0.1) is 0 Å². The summed E-state index contributed by atoms with van der Waals surface area (Å²) in [5, 5.41) is 5.14. The van der Waals surface area contributed by atoms with Gasteiger partial charge < -0.3 is 13.6 Å². The predicted octanol–water partition coefficient (Wildman–Crippen LogP) is 4.42. The lowest BCUT2D eigenvalue weighted by Gasteiger charge is -2.13. The first-order valence-electron chi connectivity index (χ1n) is 10.2. The number of fused-ring (bicyclic) bond motifs is 2. The highest BCUT2D eigenvalue weighted by Crippen LogP contribution is 2.31. The molecule has 1 aliphatic rings. The maximum absolute atomic E-state index is 13.0. The number of aromatic nitrogens is 1. The molecule has 0 saturated heterocycles. The summed E-state index contributed by atoms with van der Waals surface area (Å²) >= 11 is 0. The highest BCUT2D eigenvalue weighted by atomic mass is 16.5. The molecular weight excluding hydrogens is 410 g/mol. The highest BCUT2D eigenvalue weighted by Gasteiger charge is 2.29. The molecule has 0 radical (unpaired) electrons. The summed E-state index contributed by atoms with van der Waals surface area (Å²) in [7, 11) is 0. The summed E-state index contributed by atoms with van der Waals surface area (Å²) in [5.74, 6) is 0.259. The zero-order valence-corrected chi connectivity index (χ0v) is 17.3. The quantitative estimate of drug-likeness (QED) is 0.292. The van der Waals surface area contributed by atoms with Crippen molar-refractivity contribution in [2.24, 2.45) is 5.10 Å². The molecule has 1 aromatic carbocycles. The second-order valence-electron chi connectivity index (χ2n) is 7.41. The number of aryl methyl sites for hydroxylation is 1. The van der Waals surface area contributed by atoms with E-state index in [0.717, 1.165) is 17.4 Å². The molecule has 32 heavy (non-hydrogen) atoms. The molecular formula is C24H19N3O5. The van der Waals surface area contributed by atoms with Crippen LogP contribution in [0, 0.1) is 6.92 Å². The molecule has 8 nitrogen and oxygen atoms in total. The predicted molar refractivity (Wildman–Crippen MR) is 116 cm³/mol. The molecule has 0 unspecified atom stereocenters. The Morgan fingerprint density at radius 3 is 2.84 bits per heavy atom.